The van der Waals surface area contributed by atoms with Gasteiger partial charge in [-0.05, 0) is 83.9 Å². The molecule has 0 fully saturated rings. The zero-order valence-corrected chi connectivity index (χ0v) is 20.8. The number of aromatic nitrogens is 1. The Morgan fingerprint density at radius 2 is 1.88 bits per heavy atom. The van der Waals surface area contributed by atoms with E-state index in [1.807, 2.05) is 80.9 Å². The van der Waals surface area contributed by atoms with Gasteiger partial charge in [0.1, 0.15) is 0 Å². The quantitative estimate of drug-likeness (QED) is 0.480. The minimum absolute atomic E-state index is 0. The van der Waals surface area contributed by atoms with Crippen molar-refractivity contribution in [3.63, 3.8) is 0 Å². The second-order valence-electron chi connectivity index (χ2n) is 7.82. The topological polar surface area (TPSA) is 82.1 Å². The van der Waals surface area contributed by atoms with Crippen molar-refractivity contribution in [3.8, 4) is 11.1 Å². The van der Waals surface area contributed by atoms with Crippen molar-refractivity contribution in [2.45, 2.75) is 26.3 Å². The van der Waals surface area contributed by atoms with Crippen molar-refractivity contribution in [1.29, 1.82) is 0 Å². The maximum absolute atomic E-state index is 13.2. The van der Waals surface area contributed by atoms with Gasteiger partial charge in [-0.2, -0.15) is 11.8 Å². The molecule has 1 heterocycles. The molecule has 0 saturated heterocycles. The number of carbonyl (C=O) groups is 2. The summed E-state index contributed by atoms with van der Waals surface area (Å²) in [5, 5.41) is 14.2. The molecule has 170 valence electrons. The van der Waals surface area contributed by atoms with Crippen LogP contribution in [0.15, 0.2) is 67.0 Å². The number of aryl methyl sites for hydroxylation is 1. The van der Waals surface area contributed by atoms with Gasteiger partial charge in [0, 0.05) is 18.0 Å². The molecule has 0 aliphatic rings. The predicted molar refractivity (Wildman–Crippen MR) is 134 cm³/mol. The van der Waals surface area contributed by atoms with Crippen LogP contribution in [0.4, 0.5) is 0 Å². The van der Waals surface area contributed by atoms with Crippen molar-refractivity contribution in [2.24, 2.45) is 0 Å². The van der Waals surface area contributed by atoms with E-state index in [4.69, 9.17) is 0 Å². The third kappa shape index (κ3) is 7.11. The average molecular weight is 467 g/mol. The van der Waals surface area contributed by atoms with Gasteiger partial charge >= 0.3 is 18.9 Å². The van der Waals surface area contributed by atoms with Crippen LogP contribution >= 0.6 is 11.8 Å². The van der Waals surface area contributed by atoms with Crippen molar-refractivity contribution in [3.05, 3.63) is 89.2 Å². The largest absolute Gasteiger partial charge is 1.00 e. The number of rotatable bonds is 9. The molecule has 0 aliphatic heterocycles. The van der Waals surface area contributed by atoms with Gasteiger partial charge < -0.3 is 15.2 Å². The molecule has 0 saturated carbocycles. The molecule has 0 spiro atoms. The second-order valence-corrected chi connectivity index (χ2v) is 8.80. The Balaban J connectivity index is 0.00000408. The first-order valence-corrected chi connectivity index (χ1v) is 12.1. The molecule has 0 bridgehead atoms. The number of nitrogens with zero attached hydrogens (tertiary/aromatic N) is 1. The number of pyridine rings is 1. The SMILES string of the molecule is CSCC[C@H](NC(=O)c1ccc(/C=C(/C)c2cccnc2)cc1-c1ccccc1C)C(=O)[O-].[Li+]. The molecule has 0 unspecified atom stereocenters. The molecule has 1 atom stereocenters. The zero-order chi connectivity index (χ0) is 23.8. The van der Waals surface area contributed by atoms with Crippen molar-refractivity contribution in [2.75, 3.05) is 12.0 Å². The van der Waals surface area contributed by atoms with Crippen LogP contribution in [0.2, 0.25) is 0 Å². The average Bonchev–Trinajstić information content (AvgIpc) is 2.82. The fraction of sp³-hybridized carbons (Fsp3) is 0.222. The van der Waals surface area contributed by atoms with Crippen LogP contribution in [-0.2, 0) is 4.79 Å². The van der Waals surface area contributed by atoms with Crippen LogP contribution in [-0.4, -0.2) is 34.9 Å². The van der Waals surface area contributed by atoms with Crippen LogP contribution < -0.4 is 29.3 Å². The fourth-order valence-corrected chi connectivity index (χ4v) is 4.07. The first-order valence-electron chi connectivity index (χ1n) is 10.7. The summed E-state index contributed by atoms with van der Waals surface area (Å²) in [5.41, 5.74) is 6.12. The Bertz CT molecular complexity index is 1170. The monoisotopic (exact) mass is 466 g/mol. The number of carbonyl (C=O) groups excluding carboxylic acids is 2. The number of nitrogens with one attached hydrogen (secondary N) is 1. The minimum Gasteiger partial charge on any atom is -0.548 e. The van der Waals surface area contributed by atoms with Crippen LogP contribution in [0.25, 0.3) is 22.8 Å². The van der Waals surface area contributed by atoms with Crippen LogP contribution in [0.1, 0.15) is 40.4 Å². The van der Waals surface area contributed by atoms with Gasteiger partial charge in [0.25, 0.3) is 5.91 Å². The van der Waals surface area contributed by atoms with E-state index in [0.29, 0.717) is 17.7 Å². The number of amides is 1. The molecule has 0 aliphatic carbocycles. The predicted octanol–water partition coefficient (Wildman–Crippen LogP) is 1.22. The number of allylic oxidation sites excluding steroid dienone is 1. The van der Waals surface area contributed by atoms with Gasteiger partial charge in [-0.3, -0.25) is 9.78 Å². The molecule has 1 aromatic heterocycles. The Hall–Kier alpha value is -2.78. The van der Waals surface area contributed by atoms with E-state index in [2.05, 4.69) is 10.3 Å². The molecule has 34 heavy (non-hydrogen) atoms. The number of carboxylic acid groups (broad SMARTS) is 1. The van der Waals surface area contributed by atoms with Gasteiger partial charge in [-0.15, -0.1) is 0 Å². The third-order valence-corrected chi connectivity index (χ3v) is 6.07. The van der Waals surface area contributed by atoms with E-state index < -0.39 is 17.9 Å². The molecule has 1 amide bonds. The van der Waals surface area contributed by atoms with Crippen molar-refractivity contribution < 1.29 is 33.6 Å². The molecule has 7 heteroatoms. The van der Waals surface area contributed by atoms with Gasteiger partial charge in [-0.1, -0.05) is 42.5 Å². The molecule has 1 N–H and O–H groups in total. The maximum atomic E-state index is 13.2. The molecule has 3 rings (SSSR count). The summed E-state index contributed by atoms with van der Waals surface area (Å²) in [7, 11) is 0. The van der Waals surface area contributed by atoms with Gasteiger partial charge in [-0.25, -0.2) is 0 Å². The summed E-state index contributed by atoms with van der Waals surface area (Å²) >= 11 is 1.52. The Labute approximate surface area is 217 Å². The molecular weight excluding hydrogens is 439 g/mol. The van der Waals surface area contributed by atoms with E-state index in [1.165, 1.54) is 11.8 Å². The molecule has 3 aromatic rings. The first kappa shape index (κ1) is 27.5. The normalized spacial score (nSPS) is 11.9. The summed E-state index contributed by atoms with van der Waals surface area (Å²) in [4.78, 5) is 28.9. The van der Waals surface area contributed by atoms with Crippen molar-refractivity contribution >= 4 is 35.3 Å². The minimum atomic E-state index is -1.28. The maximum Gasteiger partial charge on any atom is 1.00 e. The van der Waals surface area contributed by atoms with Gasteiger partial charge in [0.15, 0.2) is 0 Å². The second kappa shape index (κ2) is 13.2. The number of carboxylic acids is 1. The van der Waals surface area contributed by atoms with Crippen LogP contribution in [0.3, 0.4) is 0 Å². The molecule has 2 aromatic carbocycles. The molecule has 5 nitrogen and oxygen atoms in total. The smallest absolute Gasteiger partial charge is 0.548 e. The Kier molecular flexibility index (Phi) is 10.7. The van der Waals surface area contributed by atoms with Crippen LogP contribution in [0.5, 0.6) is 0 Å². The van der Waals surface area contributed by atoms with E-state index in [1.54, 1.807) is 12.3 Å². The molecule has 0 radical (unpaired) electrons. The van der Waals surface area contributed by atoms with Gasteiger partial charge in [0.05, 0.1) is 12.0 Å². The summed E-state index contributed by atoms with van der Waals surface area (Å²) in [6.45, 7) is 4.00. The summed E-state index contributed by atoms with van der Waals surface area (Å²) in [6, 6.07) is 16.3. The number of thioether (sulfide) groups is 1. The van der Waals surface area contributed by atoms with E-state index in [-0.39, 0.29) is 18.9 Å². The Morgan fingerprint density at radius 3 is 2.53 bits per heavy atom. The van der Waals surface area contributed by atoms with Gasteiger partial charge in [0.2, 0.25) is 0 Å². The van der Waals surface area contributed by atoms with E-state index in [9.17, 15) is 14.7 Å². The number of aliphatic carboxylic acids is 1. The zero-order valence-electron chi connectivity index (χ0n) is 20.0. The summed E-state index contributed by atoms with van der Waals surface area (Å²) < 4.78 is 0. The third-order valence-electron chi connectivity index (χ3n) is 5.42. The summed E-state index contributed by atoms with van der Waals surface area (Å²) in [5.74, 6) is -1.09. The number of hydrogen-bond donors (Lipinski definition) is 1. The molecular formula is C27H27LiN2O3S. The summed E-state index contributed by atoms with van der Waals surface area (Å²) in [6.07, 6.45) is 7.79. The van der Waals surface area contributed by atoms with E-state index >= 15 is 0 Å². The number of hydrogen-bond acceptors (Lipinski definition) is 5. The standard InChI is InChI=1S/C27H28N2O3S.Li/c1-18-7-4-5-9-22(18)24-16-20(15-19(2)21-8-6-13-28-17-21)10-11-23(24)26(30)29-25(27(31)32)12-14-33-3;/h4-11,13,15-17,25H,12,14H2,1-3H3,(H,29,30)(H,31,32);/q;+1/p-1/b19-15-;/t25-;/m0./s1. The van der Waals surface area contributed by atoms with E-state index in [0.717, 1.165) is 33.4 Å². The Morgan fingerprint density at radius 1 is 1.12 bits per heavy atom. The fourth-order valence-electron chi connectivity index (χ4n) is 3.60. The van der Waals surface area contributed by atoms with Crippen molar-refractivity contribution in [1.82, 2.24) is 10.3 Å². The first-order chi connectivity index (χ1) is 15.9. The number of benzene rings is 2. The van der Waals surface area contributed by atoms with Crippen LogP contribution in [0, 0.1) is 6.92 Å².